The quantitative estimate of drug-likeness (QED) is 0.545. The predicted molar refractivity (Wildman–Crippen MR) is 99.7 cm³/mol. The molecule has 7 nitrogen and oxygen atoms in total. The largest absolute Gasteiger partial charge is 0.491 e. The van der Waals surface area contributed by atoms with Gasteiger partial charge in [0.15, 0.2) is 0 Å². The van der Waals surface area contributed by atoms with Crippen LogP contribution in [0.3, 0.4) is 0 Å². The Morgan fingerprint density at radius 2 is 2.00 bits per heavy atom. The fourth-order valence-corrected chi connectivity index (χ4v) is 3.89. The molecule has 26 heavy (non-hydrogen) atoms. The van der Waals surface area contributed by atoms with Crippen LogP contribution in [0.25, 0.3) is 10.6 Å². The van der Waals surface area contributed by atoms with Crippen LogP contribution in [0.15, 0.2) is 52.9 Å². The van der Waals surface area contributed by atoms with Gasteiger partial charge in [-0.05, 0) is 35.7 Å². The van der Waals surface area contributed by atoms with E-state index in [1.807, 2.05) is 17.5 Å². The molecule has 2 aromatic heterocycles. The number of hydrogen-bond acceptors (Lipinski definition) is 6. The van der Waals surface area contributed by atoms with Gasteiger partial charge in [0.25, 0.3) is 0 Å². The molecule has 2 N–H and O–H groups in total. The number of thiophene rings is 1. The van der Waals surface area contributed by atoms with Gasteiger partial charge in [-0.3, -0.25) is 0 Å². The fraction of sp³-hybridized carbons (Fsp3) is 0.235. The number of aromatic nitrogens is 2. The fourth-order valence-electron chi connectivity index (χ4n) is 2.21. The van der Waals surface area contributed by atoms with E-state index in [9.17, 15) is 8.42 Å². The first-order valence-electron chi connectivity index (χ1n) is 7.88. The van der Waals surface area contributed by atoms with Crippen LogP contribution in [-0.2, 0) is 21.3 Å². The van der Waals surface area contributed by atoms with Crippen molar-refractivity contribution in [2.45, 2.75) is 11.4 Å². The van der Waals surface area contributed by atoms with E-state index in [1.165, 1.54) is 12.1 Å². The van der Waals surface area contributed by atoms with Gasteiger partial charge in [0.05, 0.1) is 34.8 Å². The molecule has 0 aliphatic carbocycles. The van der Waals surface area contributed by atoms with Gasteiger partial charge in [0.2, 0.25) is 10.0 Å². The molecule has 0 amide bonds. The van der Waals surface area contributed by atoms with E-state index in [-0.39, 0.29) is 11.4 Å². The van der Waals surface area contributed by atoms with Crippen molar-refractivity contribution in [3.05, 3.63) is 53.8 Å². The summed E-state index contributed by atoms with van der Waals surface area (Å²) in [5, 5.41) is 1.97. The monoisotopic (exact) mass is 393 g/mol. The van der Waals surface area contributed by atoms with E-state index in [1.54, 1.807) is 36.8 Å². The SMILES string of the molecule is COCCOc1ccc(S(=O)(=O)NCc2ncc(-c3cccs3)[nH]2)cc1. The molecular weight excluding hydrogens is 374 g/mol. The highest BCUT2D eigenvalue weighted by Gasteiger charge is 2.15. The van der Waals surface area contributed by atoms with Crippen LogP contribution in [0.4, 0.5) is 0 Å². The second-order valence-electron chi connectivity index (χ2n) is 5.36. The van der Waals surface area contributed by atoms with Gasteiger partial charge in [-0.1, -0.05) is 6.07 Å². The number of benzene rings is 1. The number of hydrogen-bond donors (Lipinski definition) is 2. The molecule has 9 heteroatoms. The molecular formula is C17H19N3O4S2. The number of H-pyrrole nitrogens is 1. The normalized spacial score (nSPS) is 11.6. The van der Waals surface area contributed by atoms with Crippen molar-refractivity contribution >= 4 is 21.4 Å². The summed E-state index contributed by atoms with van der Waals surface area (Å²) in [6.45, 7) is 0.962. The van der Waals surface area contributed by atoms with Crippen molar-refractivity contribution in [2.24, 2.45) is 0 Å². The Morgan fingerprint density at radius 3 is 2.69 bits per heavy atom. The summed E-state index contributed by atoms with van der Waals surface area (Å²) < 4.78 is 37.7. The van der Waals surface area contributed by atoms with E-state index in [0.29, 0.717) is 24.8 Å². The van der Waals surface area contributed by atoms with Crippen molar-refractivity contribution in [3.63, 3.8) is 0 Å². The van der Waals surface area contributed by atoms with Crippen LogP contribution >= 0.6 is 11.3 Å². The van der Waals surface area contributed by atoms with E-state index >= 15 is 0 Å². The Morgan fingerprint density at radius 1 is 1.19 bits per heavy atom. The van der Waals surface area contributed by atoms with Crippen LogP contribution < -0.4 is 9.46 Å². The van der Waals surface area contributed by atoms with Crippen LogP contribution in [-0.4, -0.2) is 38.7 Å². The molecule has 0 radical (unpaired) electrons. The zero-order valence-corrected chi connectivity index (χ0v) is 15.8. The Labute approximate surface area is 156 Å². The number of aromatic amines is 1. The summed E-state index contributed by atoms with van der Waals surface area (Å²) in [6.07, 6.45) is 1.70. The van der Waals surface area contributed by atoms with Crippen LogP contribution in [0.2, 0.25) is 0 Å². The first-order valence-corrected chi connectivity index (χ1v) is 10.2. The second-order valence-corrected chi connectivity index (χ2v) is 8.07. The third kappa shape index (κ3) is 4.70. The van der Waals surface area contributed by atoms with Gasteiger partial charge >= 0.3 is 0 Å². The Balaban J connectivity index is 1.60. The number of rotatable bonds is 9. The first-order chi connectivity index (χ1) is 12.6. The van der Waals surface area contributed by atoms with E-state index in [2.05, 4.69) is 14.7 Å². The molecule has 138 valence electrons. The molecule has 0 bridgehead atoms. The third-order valence-corrected chi connectivity index (χ3v) is 5.86. The van der Waals surface area contributed by atoms with Crippen LogP contribution in [0.5, 0.6) is 5.75 Å². The maximum absolute atomic E-state index is 12.4. The maximum Gasteiger partial charge on any atom is 0.240 e. The minimum absolute atomic E-state index is 0.0831. The average molecular weight is 393 g/mol. The number of sulfonamides is 1. The molecule has 0 aliphatic rings. The lowest BCUT2D eigenvalue weighted by atomic mass is 10.3. The molecule has 2 heterocycles. The summed E-state index contributed by atoms with van der Waals surface area (Å²) in [5.74, 6) is 1.14. The average Bonchev–Trinajstić information content (AvgIpc) is 3.32. The summed E-state index contributed by atoms with van der Waals surface area (Å²) in [6, 6.07) is 10.2. The van der Waals surface area contributed by atoms with Gasteiger partial charge < -0.3 is 14.5 Å². The van der Waals surface area contributed by atoms with Gasteiger partial charge in [0.1, 0.15) is 18.2 Å². The zero-order valence-electron chi connectivity index (χ0n) is 14.1. The molecule has 0 saturated heterocycles. The Kier molecular flexibility index (Phi) is 6.04. The van der Waals surface area contributed by atoms with Crippen molar-refractivity contribution < 1.29 is 17.9 Å². The Hall–Kier alpha value is -2.20. The lowest BCUT2D eigenvalue weighted by Crippen LogP contribution is -2.23. The van der Waals surface area contributed by atoms with Gasteiger partial charge in [-0.15, -0.1) is 11.3 Å². The molecule has 3 aromatic rings. The summed E-state index contributed by atoms with van der Waals surface area (Å²) >= 11 is 1.59. The van der Waals surface area contributed by atoms with Gasteiger partial charge in [0, 0.05) is 7.11 Å². The molecule has 0 aliphatic heterocycles. The predicted octanol–water partition coefficient (Wildman–Crippen LogP) is 2.64. The van der Waals surface area contributed by atoms with Crippen molar-refractivity contribution in [1.82, 2.24) is 14.7 Å². The topological polar surface area (TPSA) is 93.3 Å². The number of nitrogens with one attached hydrogen (secondary N) is 2. The summed E-state index contributed by atoms with van der Waals surface area (Å²) in [7, 11) is -2.04. The number of ether oxygens (including phenoxy) is 2. The highest BCUT2D eigenvalue weighted by Crippen LogP contribution is 2.22. The highest BCUT2D eigenvalue weighted by molar-refractivity contribution is 7.89. The van der Waals surface area contributed by atoms with Crippen LogP contribution in [0.1, 0.15) is 5.82 Å². The van der Waals surface area contributed by atoms with Crippen molar-refractivity contribution in [1.29, 1.82) is 0 Å². The number of nitrogens with zero attached hydrogens (tertiary/aromatic N) is 1. The molecule has 0 spiro atoms. The summed E-state index contributed by atoms with van der Waals surface area (Å²) in [5.41, 5.74) is 0.867. The van der Waals surface area contributed by atoms with E-state index < -0.39 is 10.0 Å². The van der Waals surface area contributed by atoms with E-state index in [4.69, 9.17) is 9.47 Å². The second kappa shape index (κ2) is 8.45. The number of methoxy groups -OCH3 is 1. The van der Waals surface area contributed by atoms with Crippen LogP contribution in [0, 0.1) is 0 Å². The number of imidazole rings is 1. The van der Waals surface area contributed by atoms with Crippen molar-refractivity contribution in [2.75, 3.05) is 20.3 Å². The smallest absolute Gasteiger partial charge is 0.240 e. The Bertz CT molecular complexity index is 919. The standard InChI is InChI=1S/C17H19N3O4S2/c1-23-8-9-24-13-4-6-14(7-5-13)26(21,22)19-12-17-18-11-15(20-17)16-3-2-10-25-16/h2-7,10-11,19H,8-9,12H2,1H3,(H,18,20). The van der Waals surface area contributed by atoms with Gasteiger partial charge in [-0.25, -0.2) is 18.1 Å². The molecule has 0 saturated carbocycles. The molecule has 1 aromatic carbocycles. The minimum atomic E-state index is -3.63. The highest BCUT2D eigenvalue weighted by atomic mass is 32.2. The van der Waals surface area contributed by atoms with Crippen molar-refractivity contribution in [3.8, 4) is 16.3 Å². The molecule has 0 unspecified atom stereocenters. The zero-order chi connectivity index (χ0) is 18.4. The summed E-state index contributed by atoms with van der Waals surface area (Å²) in [4.78, 5) is 8.55. The first kappa shape index (κ1) is 18.6. The molecule has 0 fully saturated rings. The minimum Gasteiger partial charge on any atom is -0.491 e. The third-order valence-electron chi connectivity index (χ3n) is 3.53. The molecule has 3 rings (SSSR count). The molecule has 0 atom stereocenters. The van der Waals surface area contributed by atoms with E-state index in [0.717, 1.165) is 10.6 Å². The lowest BCUT2D eigenvalue weighted by molar-refractivity contribution is 0.146. The maximum atomic E-state index is 12.4. The lowest BCUT2D eigenvalue weighted by Gasteiger charge is -2.08. The van der Waals surface area contributed by atoms with Gasteiger partial charge in [-0.2, -0.15) is 0 Å².